The van der Waals surface area contributed by atoms with E-state index in [4.69, 9.17) is 0 Å². The number of H-pyrrole nitrogens is 1. The first-order valence-electron chi connectivity index (χ1n) is 6.84. The van der Waals surface area contributed by atoms with Crippen LogP contribution < -0.4 is 10.6 Å². The van der Waals surface area contributed by atoms with Crippen LogP contribution in [0.5, 0.6) is 0 Å². The maximum atomic E-state index is 12.1. The second-order valence-corrected chi connectivity index (χ2v) is 5.40. The van der Waals surface area contributed by atoms with Crippen LogP contribution >= 0.6 is 0 Å². The molecule has 98 valence electrons. The summed E-state index contributed by atoms with van der Waals surface area (Å²) in [7, 11) is 0. The van der Waals surface area contributed by atoms with Gasteiger partial charge in [0, 0.05) is 12.2 Å². The highest BCUT2D eigenvalue weighted by Gasteiger charge is 2.37. The van der Waals surface area contributed by atoms with E-state index in [0.29, 0.717) is 18.5 Å². The van der Waals surface area contributed by atoms with E-state index in [0.717, 1.165) is 12.1 Å². The van der Waals surface area contributed by atoms with Crippen molar-refractivity contribution >= 4 is 5.91 Å². The third-order valence-electron chi connectivity index (χ3n) is 4.19. The molecule has 1 aliphatic heterocycles. The van der Waals surface area contributed by atoms with Crippen molar-refractivity contribution in [2.24, 2.45) is 5.92 Å². The fourth-order valence-electron chi connectivity index (χ4n) is 3.21. The fourth-order valence-corrected chi connectivity index (χ4v) is 3.21. The van der Waals surface area contributed by atoms with E-state index in [9.17, 15) is 4.79 Å². The number of amides is 1. The second-order valence-electron chi connectivity index (χ2n) is 5.40. The SMILES string of the molecule is O=C(NCc1cnc[nH]1)C1CC2CCCCC2N1. The number of rotatable bonds is 3. The molecule has 1 saturated heterocycles. The van der Waals surface area contributed by atoms with Gasteiger partial charge in [0.15, 0.2) is 0 Å². The predicted octanol–water partition coefficient (Wildman–Crippen LogP) is 0.947. The zero-order valence-corrected chi connectivity index (χ0v) is 10.5. The molecule has 3 atom stereocenters. The Morgan fingerprint density at radius 2 is 2.33 bits per heavy atom. The highest BCUT2D eigenvalue weighted by Crippen LogP contribution is 2.33. The maximum absolute atomic E-state index is 12.1. The van der Waals surface area contributed by atoms with E-state index in [1.54, 1.807) is 12.5 Å². The number of imidazole rings is 1. The lowest BCUT2D eigenvalue weighted by molar-refractivity contribution is -0.123. The van der Waals surface area contributed by atoms with E-state index in [1.165, 1.54) is 25.7 Å². The Hall–Kier alpha value is -1.36. The van der Waals surface area contributed by atoms with Gasteiger partial charge in [0.1, 0.15) is 0 Å². The number of aromatic amines is 1. The van der Waals surface area contributed by atoms with Crippen molar-refractivity contribution < 1.29 is 4.79 Å². The summed E-state index contributed by atoms with van der Waals surface area (Å²) in [5, 5.41) is 6.45. The lowest BCUT2D eigenvalue weighted by Crippen LogP contribution is -2.42. The first-order valence-corrected chi connectivity index (χ1v) is 6.84. The number of carbonyl (C=O) groups excluding carboxylic acids is 1. The van der Waals surface area contributed by atoms with Gasteiger partial charge in [0.2, 0.25) is 5.91 Å². The first kappa shape index (κ1) is 11.7. The van der Waals surface area contributed by atoms with Crippen LogP contribution in [0.2, 0.25) is 0 Å². The molecule has 1 saturated carbocycles. The van der Waals surface area contributed by atoms with Crippen molar-refractivity contribution in [3.63, 3.8) is 0 Å². The van der Waals surface area contributed by atoms with Crippen molar-refractivity contribution in [3.05, 3.63) is 18.2 Å². The molecule has 18 heavy (non-hydrogen) atoms. The molecule has 2 heterocycles. The van der Waals surface area contributed by atoms with E-state index < -0.39 is 0 Å². The lowest BCUT2D eigenvalue weighted by Gasteiger charge is -2.24. The van der Waals surface area contributed by atoms with Crippen molar-refractivity contribution in [3.8, 4) is 0 Å². The van der Waals surface area contributed by atoms with Gasteiger partial charge >= 0.3 is 0 Å². The van der Waals surface area contributed by atoms with E-state index >= 15 is 0 Å². The number of carbonyl (C=O) groups is 1. The summed E-state index contributed by atoms with van der Waals surface area (Å²) in [6.45, 7) is 0.534. The van der Waals surface area contributed by atoms with Gasteiger partial charge in [0.05, 0.1) is 24.6 Å². The average molecular weight is 248 g/mol. The Morgan fingerprint density at radius 1 is 1.44 bits per heavy atom. The van der Waals surface area contributed by atoms with Crippen LogP contribution in [0.4, 0.5) is 0 Å². The van der Waals surface area contributed by atoms with Gasteiger partial charge in [0.25, 0.3) is 0 Å². The smallest absolute Gasteiger partial charge is 0.237 e. The molecule has 1 aromatic rings. The monoisotopic (exact) mass is 248 g/mol. The number of fused-ring (bicyclic) bond motifs is 1. The third-order valence-corrected chi connectivity index (χ3v) is 4.19. The second kappa shape index (κ2) is 5.10. The molecule has 2 aliphatic rings. The topological polar surface area (TPSA) is 69.8 Å². The van der Waals surface area contributed by atoms with Crippen LogP contribution in [0.1, 0.15) is 37.8 Å². The van der Waals surface area contributed by atoms with Crippen molar-refractivity contribution in [2.75, 3.05) is 0 Å². The van der Waals surface area contributed by atoms with Gasteiger partial charge in [-0.25, -0.2) is 4.98 Å². The van der Waals surface area contributed by atoms with Gasteiger partial charge in [-0.15, -0.1) is 0 Å². The number of aromatic nitrogens is 2. The van der Waals surface area contributed by atoms with Crippen LogP contribution in [0.3, 0.4) is 0 Å². The molecule has 5 nitrogen and oxygen atoms in total. The van der Waals surface area contributed by atoms with Crippen molar-refractivity contribution in [1.29, 1.82) is 0 Å². The van der Waals surface area contributed by atoms with Crippen LogP contribution in [0, 0.1) is 5.92 Å². The molecule has 1 amide bonds. The van der Waals surface area contributed by atoms with E-state index in [2.05, 4.69) is 20.6 Å². The van der Waals surface area contributed by atoms with Crippen molar-refractivity contribution in [1.82, 2.24) is 20.6 Å². The van der Waals surface area contributed by atoms with E-state index in [1.807, 2.05) is 0 Å². The Balaban J connectivity index is 1.51. The molecular formula is C13H20N4O. The van der Waals surface area contributed by atoms with E-state index in [-0.39, 0.29) is 11.9 Å². The molecule has 2 fully saturated rings. The standard InChI is InChI=1S/C13H20N4O/c18-13(15-7-10-6-14-8-16-10)12-5-9-3-1-2-4-11(9)17-12/h6,8-9,11-12,17H,1-5,7H2,(H,14,16)(H,15,18). The summed E-state index contributed by atoms with van der Waals surface area (Å²) in [4.78, 5) is 19.0. The molecule has 1 aromatic heterocycles. The molecular weight excluding hydrogens is 228 g/mol. The molecule has 0 aromatic carbocycles. The maximum Gasteiger partial charge on any atom is 0.237 e. The number of nitrogens with one attached hydrogen (secondary N) is 3. The molecule has 3 rings (SSSR count). The fraction of sp³-hybridized carbons (Fsp3) is 0.692. The molecule has 0 spiro atoms. The summed E-state index contributed by atoms with van der Waals surface area (Å²) in [5.74, 6) is 0.834. The minimum atomic E-state index is 0.000946. The largest absolute Gasteiger partial charge is 0.349 e. The highest BCUT2D eigenvalue weighted by molar-refractivity contribution is 5.82. The normalized spacial score (nSPS) is 31.0. The molecule has 3 N–H and O–H groups in total. The number of hydrogen-bond acceptors (Lipinski definition) is 3. The third kappa shape index (κ3) is 2.41. The average Bonchev–Trinajstić information content (AvgIpc) is 3.04. The quantitative estimate of drug-likeness (QED) is 0.746. The molecule has 5 heteroatoms. The Kier molecular flexibility index (Phi) is 3.32. The highest BCUT2D eigenvalue weighted by atomic mass is 16.2. The van der Waals surface area contributed by atoms with Gasteiger partial charge in [-0.3, -0.25) is 4.79 Å². The van der Waals surface area contributed by atoms with Crippen LogP contribution in [0.25, 0.3) is 0 Å². The molecule has 0 radical (unpaired) electrons. The zero-order chi connectivity index (χ0) is 12.4. The molecule has 3 unspecified atom stereocenters. The van der Waals surface area contributed by atoms with Gasteiger partial charge < -0.3 is 15.6 Å². The van der Waals surface area contributed by atoms with Crippen LogP contribution in [0.15, 0.2) is 12.5 Å². The minimum absolute atomic E-state index is 0.000946. The predicted molar refractivity (Wildman–Crippen MR) is 67.7 cm³/mol. The van der Waals surface area contributed by atoms with Gasteiger partial charge in [-0.2, -0.15) is 0 Å². The molecule has 1 aliphatic carbocycles. The minimum Gasteiger partial charge on any atom is -0.349 e. The number of hydrogen-bond donors (Lipinski definition) is 3. The Morgan fingerprint density at radius 3 is 3.11 bits per heavy atom. The summed E-state index contributed by atoms with van der Waals surface area (Å²) < 4.78 is 0. The molecule has 0 bridgehead atoms. The van der Waals surface area contributed by atoms with Crippen LogP contribution in [-0.4, -0.2) is 28.0 Å². The summed E-state index contributed by atoms with van der Waals surface area (Å²) in [6.07, 6.45) is 9.50. The van der Waals surface area contributed by atoms with Gasteiger partial charge in [-0.1, -0.05) is 12.8 Å². The Labute approximate surface area is 107 Å². The Bertz CT molecular complexity index is 389. The lowest BCUT2D eigenvalue weighted by atomic mass is 9.85. The summed E-state index contributed by atoms with van der Waals surface area (Å²) >= 11 is 0. The van der Waals surface area contributed by atoms with Crippen molar-refractivity contribution in [2.45, 2.75) is 50.7 Å². The first-order chi connectivity index (χ1) is 8.83. The van der Waals surface area contributed by atoms with Crippen LogP contribution in [-0.2, 0) is 11.3 Å². The summed E-state index contributed by atoms with van der Waals surface area (Å²) in [6, 6.07) is 0.572. The summed E-state index contributed by atoms with van der Waals surface area (Å²) in [5.41, 5.74) is 0.943. The zero-order valence-electron chi connectivity index (χ0n) is 10.5. The van der Waals surface area contributed by atoms with Gasteiger partial charge in [-0.05, 0) is 25.2 Å². The number of nitrogens with zero attached hydrogens (tertiary/aromatic N) is 1.